The van der Waals surface area contributed by atoms with Crippen LogP contribution in [0.3, 0.4) is 0 Å². The lowest BCUT2D eigenvalue weighted by atomic mass is 10.3. The van der Waals surface area contributed by atoms with Crippen molar-refractivity contribution in [2.45, 2.75) is 11.5 Å². The molecule has 1 aromatic carbocycles. The van der Waals surface area contributed by atoms with Crippen LogP contribution in [0.25, 0.3) is 0 Å². The molecule has 0 amide bonds. The lowest BCUT2D eigenvalue weighted by Crippen LogP contribution is -2.12. The van der Waals surface area contributed by atoms with E-state index < -0.39 is 10.0 Å². The van der Waals surface area contributed by atoms with E-state index in [2.05, 4.69) is 9.97 Å². The number of aromatic nitrogens is 2. The molecule has 1 heterocycles. The van der Waals surface area contributed by atoms with Crippen molar-refractivity contribution in [1.29, 1.82) is 0 Å². The van der Waals surface area contributed by atoms with Crippen LogP contribution < -0.4 is 9.88 Å². The minimum atomic E-state index is -3.77. The molecule has 0 unspecified atom stereocenters. The van der Waals surface area contributed by atoms with Crippen molar-refractivity contribution in [3.8, 4) is 5.75 Å². The second kappa shape index (κ2) is 5.52. The summed E-state index contributed by atoms with van der Waals surface area (Å²) in [7, 11) is -3.77. The third-order valence-corrected chi connectivity index (χ3v) is 3.41. The topological polar surface area (TPSA) is 95.2 Å². The van der Waals surface area contributed by atoms with Gasteiger partial charge >= 0.3 is 0 Å². The maximum absolute atomic E-state index is 11.1. The Morgan fingerprint density at radius 3 is 2.53 bits per heavy atom. The molecule has 6 nitrogen and oxygen atoms in total. The van der Waals surface area contributed by atoms with Gasteiger partial charge in [0.1, 0.15) is 12.4 Å². The SMILES string of the molecule is NS(=O)(=O)c1ccc(OCc2ncccn2)c(Cl)c1. The first-order chi connectivity index (χ1) is 8.97. The summed E-state index contributed by atoms with van der Waals surface area (Å²) in [6.07, 6.45) is 3.19. The summed E-state index contributed by atoms with van der Waals surface area (Å²) in [5.41, 5.74) is 0. The van der Waals surface area contributed by atoms with Gasteiger partial charge in [0.05, 0.1) is 9.92 Å². The standard InChI is InChI=1S/C11H10ClN3O3S/c12-9-6-8(19(13,16)17)2-3-10(9)18-7-11-14-4-1-5-15-11/h1-6H,7H2,(H2,13,16,17). The van der Waals surface area contributed by atoms with Crippen LogP contribution in [-0.2, 0) is 16.6 Å². The van der Waals surface area contributed by atoms with E-state index in [1.807, 2.05) is 0 Å². The Labute approximate surface area is 115 Å². The van der Waals surface area contributed by atoms with Gasteiger partial charge in [-0.25, -0.2) is 23.5 Å². The molecule has 0 spiro atoms. The van der Waals surface area contributed by atoms with Crippen LogP contribution in [0.2, 0.25) is 5.02 Å². The van der Waals surface area contributed by atoms with E-state index >= 15 is 0 Å². The van der Waals surface area contributed by atoms with Crippen LogP contribution in [0.5, 0.6) is 5.75 Å². The van der Waals surface area contributed by atoms with Gasteiger partial charge in [0.25, 0.3) is 0 Å². The lowest BCUT2D eigenvalue weighted by molar-refractivity contribution is 0.296. The quantitative estimate of drug-likeness (QED) is 0.919. The summed E-state index contributed by atoms with van der Waals surface area (Å²) >= 11 is 5.92. The molecule has 0 fully saturated rings. The van der Waals surface area contributed by atoms with Crippen LogP contribution in [-0.4, -0.2) is 18.4 Å². The maximum Gasteiger partial charge on any atom is 0.238 e. The van der Waals surface area contributed by atoms with Crippen LogP contribution >= 0.6 is 11.6 Å². The van der Waals surface area contributed by atoms with Crippen molar-refractivity contribution < 1.29 is 13.2 Å². The number of halogens is 1. The van der Waals surface area contributed by atoms with Gasteiger partial charge in [0.2, 0.25) is 10.0 Å². The van der Waals surface area contributed by atoms with E-state index in [4.69, 9.17) is 21.5 Å². The smallest absolute Gasteiger partial charge is 0.238 e. The number of ether oxygens (including phenoxy) is 1. The van der Waals surface area contributed by atoms with Gasteiger partial charge < -0.3 is 4.74 Å². The van der Waals surface area contributed by atoms with Crippen LogP contribution in [0, 0.1) is 0 Å². The van der Waals surface area contributed by atoms with Crippen molar-refractivity contribution in [3.05, 3.63) is 47.5 Å². The fraction of sp³-hybridized carbons (Fsp3) is 0.0909. The Balaban J connectivity index is 2.14. The monoisotopic (exact) mass is 299 g/mol. The minimum Gasteiger partial charge on any atom is -0.484 e. The normalized spacial score (nSPS) is 11.3. The molecule has 0 bridgehead atoms. The Hall–Kier alpha value is -1.70. The van der Waals surface area contributed by atoms with Gasteiger partial charge in [0.15, 0.2) is 5.82 Å². The average Bonchev–Trinajstić information content (AvgIpc) is 2.37. The molecule has 2 rings (SSSR count). The van der Waals surface area contributed by atoms with E-state index in [0.717, 1.165) is 0 Å². The molecule has 2 aromatic rings. The predicted octanol–water partition coefficient (Wildman–Crippen LogP) is 1.36. The largest absolute Gasteiger partial charge is 0.484 e. The Bertz CT molecular complexity index is 677. The summed E-state index contributed by atoms with van der Waals surface area (Å²) in [6.45, 7) is 0.134. The molecule has 100 valence electrons. The molecule has 0 atom stereocenters. The fourth-order valence-corrected chi connectivity index (χ4v) is 2.16. The molecule has 1 aromatic heterocycles. The summed E-state index contributed by atoms with van der Waals surface area (Å²) in [6, 6.07) is 5.68. The zero-order valence-corrected chi connectivity index (χ0v) is 11.2. The van der Waals surface area contributed by atoms with Gasteiger partial charge in [-0.2, -0.15) is 0 Å². The van der Waals surface area contributed by atoms with Gasteiger partial charge in [-0.3, -0.25) is 0 Å². The highest BCUT2D eigenvalue weighted by atomic mass is 35.5. The number of hydrogen-bond donors (Lipinski definition) is 1. The summed E-state index contributed by atoms with van der Waals surface area (Å²) < 4.78 is 27.7. The lowest BCUT2D eigenvalue weighted by Gasteiger charge is -2.08. The van der Waals surface area contributed by atoms with E-state index in [-0.39, 0.29) is 16.5 Å². The predicted molar refractivity (Wildman–Crippen MR) is 69.2 cm³/mol. The van der Waals surface area contributed by atoms with Crippen molar-refractivity contribution in [1.82, 2.24) is 9.97 Å². The highest BCUT2D eigenvalue weighted by molar-refractivity contribution is 7.89. The Morgan fingerprint density at radius 1 is 1.26 bits per heavy atom. The Kier molecular flexibility index (Phi) is 3.98. The van der Waals surface area contributed by atoms with Crippen molar-refractivity contribution in [2.75, 3.05) is 0 Å². The molecule has 0 aliphatic rings. The van der Waals surface area contributed by atoms with Crippen molar-refractivity contribution in [3.63, 3.8) is 0 Å². The van der Waals surface area contributed by atoms with Gasteiger partial charge in [-0.05, 0) is 24.3 Å². The van der Waals surface area contributed by atoms with Crippen molar-refractivity contribution in [2.24, 2.45) is 5.14 Å². The first-order valence-corrected chi connectivity index (χ1v) is 7.10. The zero-order valence-electron chi connectivity index (χ0n) is 9.65. The molecule has 8 heteroatoms. The maximum atomic E-state index is 11.1. The molecule has 0 saturated carbocycles. The van der Waals surface area contributed by atoms with Crippen LogP contribution in [0.1, 0.15) is 5.82 Å². The second-order valence-corrected chi connectivity index (χ2v) is 5.56. The Morgan fingerprint density at radius 2 is 1.95 bits per heavy atom. The summed E-state index contributed by atoms with van der Waals surface area (Å²) in [5.74, 6) is 0.829. The van der Waals surface area contributed by atoms with Gasteiger partial charge in [0, 0.05) is 12.4 Å². The van der Waals surface area contributed by atoms with Gasteiger partial charge in [-0.15, -0.1) is 0 Å². The molecule has 19 heavy (non-hydrogen) atoms. The summed E-state index contributed by atoms with van der Waals surface area (Å²) in [4.78, 5) is 7.90. The number of hydrogen-bond acceptors (Lipinski definition) is 5. The molecule has 0 aliphatic heterocycles. The third kappa shape index (κ3) is 3.63. The molecule has 2 N–H and O–H groups in total. The zero-order chi connectivity index (χ0) is 13.9. The molecule has 0 aliphatic carbocycles. The molecule has 0 radical (unpaired) electrons. The molecular formula is C11H10ClN3O3S. The van der Waals surface area contributed by atoms with Crippen LogP contribution in [0.4, 0.5) is 0 Å². The third-order valence-electron chi connectivity index (χ3n) is 2.21. The van der Waals surface area contributed by atoms with Crippen molar-refractivity contribution >= 4 is 21.6 Å². The minimum absolute atomic E-state index is 0.0687. The first kappa shape index (κ1) is 13.7. The highest BCUT2D eigenvalue weighted by Gasteiger charge is 2.11. The van der Waals surface area contributed by atoms with E-state index in [0.29, 0.717) is 11.6 Å². The van der Waals surface area contributed by atoms with Gasteiger partial charge in [-0.1, -0.05) is 11.6 Å². The number of nitrogens with two attached hydrogens (primary N) is 1. The number of sulfonamides is 1. The molecule has 0 saturated heterocycles. The number of rotatable bonds is 4. The average molecular weight is 300 g/mol. The molecular weight excluding hydrogens is 290 g/mol. The second-order valence-electron chi connectivity index (χ2n) is 3.59. The number of benzene rings is 1. The van der Waals surface area contributed by atoms with E-state index in [9.17, 15) is 8.42 Å². The highest BCUT2D eigenvalue weighted by Crippen LogP contribution is 2.27. The summed E-state index contributed by atoms with van der Waals surface area (Å²) in [5, 5.41) is 5.15. The van der Waals surface area contributed by atoms with E-state index in [1.54, 1.807) is 18.5 Å². The fourth-order valence-electron chi connectivity index (χ4n) is 1.32. The van der Waals surface area contributed by atoms with E-state index in [1.165, 1.54) is 18.2 Å². The number of primary sulfonamides is 1. The van der Waals surface area contributed by atoms with Crippen LogP contribution in [0.15, 0.2) is 41.6 Å². The number of nitrogens with zero attached hydrogens (tertiary/aromatic N) is 2. The first-order valence-electron chi connectivity index (χ1n) is 5.18.